The van der Waals surface area contributed by atoms with Crippen LogP contribution < -0.4 is 5.10 Å². The van der Waals surface area contributed by atoms with Gasteiger partial charge in [0, 0.05) is 28.0 Å². The third-order valence-electron chi connectivity index (χ3n) is 11.2. The molecule has 0 radical (unpaired) electrons. The molecule has 0 amide bonds. The van der Waals surface area contributed by atoms with E-state index in [-0.39, 0.29) is 71.0 Å². The van der Waals surface area contributed by atoms with Crippen molar-refractivity contribution in [2.75, 3.05) is 0 Å². The summed E-state index contributed by atoms with van der Waals surface area (Å²) in [5.41, 5.74) is 5.75. The summed E-state index contributed by atoms with van der Waals surface area (Å²) < 4.78 is 4.26. The van der Waals surface area contributed by atoms with Gasteiger partial charge in [-0.3, -0.25) is 0 Å². The van der Waals surface area contributed by atoms with Crippen LogP contribution in [-0.4, -0.2) is 24.2 Å². The monoisotopic (exact) mass is 982 g/mol. The summed E-state index contributed by atoms with van der Waals surface area (Å²) in [5, 5.41) is 62.8. The number of rotatable bonds is 4. The van der Waals surface area contributed by atoms with E-state index in [2.05, 4.69) is 122 Å². The molecule has 0 saturated carbocycles. The van der Waals surface area contributed by atoms with Crippen LogP contribution in [0.1, 0.15) is 80.5 Å². The van der Waals surface area contributed by atoms with Crippen molar-refractivity contribution in [3.8, 4) is 64.5 Å². The van der Waals surface area contributed by atoms with Crippen molar-refractivity contribution in [1.29, 1.82) is 26.3 Å². The Bertz CT molecular complexity index is 3520. The van der Waals surface area contributed by atoms with Crippen LogP contribution in [0.4, 0.5) is 0 Å². The first-order chi connectivity index (χ1) is 29.3. The maximum absolute atomic E-state index is 10.2. The molecule has 0 fully saturated rings. The fraction of sp³-hybridized carbons (Fsp3) is 0.160. The van der Waals surface area contributed by atoms with Crippen LogP contribution in [0.3, 0.4) is 0 Å². The molecule has 0 aliphatic heterocycles. The van der Waals surface area contributed by atoms with Crippen molar-refractivity contribution in [2.24, 2.45) is 0 Å². The summed E-state index contributed by atoms with van der Waals surface area (Å²) in [6.45, 7) is 13.1. The number of para-hydroxylation sites is 1. The summed E-state index contributed by atoms with van der Waals surface area (Å²) in [5.74, 6) is 0.792. The van der Waals surface area contributed by atoms with Crippen LogP contribution in [0, 0.1) is 62.7 Å². The van der Waals surface area contributed by atoms with Gasteiger partial charge in [-0.2, -0.15) is 32.4 Å². The molecule has 0 N–H and O–H groups in total. The molecule has 0 unspecified atom stereocenters. The number of pyridine rings is 2. The Balaban J connectivity index is 0.00000529. The minimum Gasteiger partial charge on any atom is -0.573 e. The first-order valence-electron chi connectivity index (χ1n) is 19.4. The molecule has 0 aliphatic rings. The maximum atomic E-state index is 10.2. The number of benzene rings is 4. The van der Waals surface area contributed by atoms with E-state index in [0.717, 1.165) is 60.7 Å². The van der Waals surface area contributed by atoms with Crippen LogP contribution in [0.15, 0.2) is 91.1 Å². The summed E-state index contributed by atoms with van der Waals surface area (Å²) >= 11 is 0. The molecule has 0 atom stereocenters. The maximum Gasteiger partial charge on any atom is 2.00 e. The molecule has 0 aliphatic carbocycles. The van der Waals surface area contributed by atoms with E-state index in [1.54, 1.807) is 6.07 Å². The predicted octanol–water partition coefficient (Wildman–Crippen LogP) is 10.1. The quantitative estimate of drug-likeness (QED) is 0.155. The molecule has 62 heavy (non-hydrogen) atoms. The summed E-state index contributed by atoms with van der Waals surface area (Å²) in [6.07, 6.45) is 1.86. The van der Waals surface area contributed by atoms with Crippen molar-refractivity contribution in [3.05, 3.63) is 136 Å². The topological polar surface area (TPSA) is 182 Å². The molecule has 4 aromatic carbocycles. The van der Waals surface area contributed by atoms with E-state index < -0.39 is 0 Å². The number of hydrogen-bond acceptors (Lipinski definition) is 8. The van der Waals surface area contributed by atoms with Crippen LogP contribution in [0.25, 0.3) is 77.9 Å². The third-order valence-corrected chi connectivity index (χ3v) is 11.2. The van der Waals surface area contributed by atoms with E-state index in [0.29, 0.717) is 17.0 Å². The van der Waals surface area contributed by atoms with Crippen LogP contribution in [0.5, 0.6) is 0 Å². The first-order valence-corrected chi connectivity index (χ1v) is 19.4. The largest absolute Gasteiger partial charge is 2.00 e. The second kappa shape index (κ2) is 15.0. The van der Waals surface area contributed by atoms with E-state index in [9.17, 15) is 26.3 Å². The van der Waals surface area contributed by atoms with Crippen LogP contribution in [-0.2, 0) is 31.9 Å². The number of fused-ring (bicyclic) bond motifs is 6. The van der Waals surface area contributed by atoms with E-state index in [1.807, 2.05) is 60.8 Å². The zero-order chi connectivity index (χ0) is 43.0. The van der Waals surface area contributed by atoms with Gasteiger partial charge < -0.3 is 19.3 Å². The second-order valence-electron chi connectivity index (χ2n) is 16.9. The second-order valence-corrected chi connectivity index (χ2v) is 16.9. The van der Waals surface area contributed by atoms with Crippen molar-refractivity contribution < 1.29 is 21.1 Å². The van der Waals surface area contributed by atoms with Crippen molar-refractivity contribution in [2.45, 2.75) is 52.4 Å². The smallest absolute Gasteiger partial charge is 0.573 e. The van der Waals surface area contributed by atoms with E-state index in [4.69, 9.17) is 9.97 Å². The van der Waals surface area contributed by atoms with Gasteiger partial charge in [-0.05, 0) is 75.9 Å². The number of nitrogens with zero attached hydrogens (tertiary/aromatic N) is 11. The Morgan fingerprint density at radius 3 is 1.85 bits per heavy atom. The van der Waals surface area contributed by atoms with Gasteiger partial charge in [0.25, 0.3) is 0 Å². The van der Waals surface area contributed by atoms with Gasteiger partial charge >= 0.3 is 21.1 Å². The molecule has 5 heterocycles. The van der Waals surface area contributed by atoms with Gasteiger partial charge in [-0.25, -0.2) is 9.97 Å². The molecule has 298 valence electrons. The average molecular weight is 983 g/mol. The molecule has 9 rings (SSSR count). The van der Waals surface area contributed by atoms with E-state index >= 15 is 0 Å². The molecule has 11 nitrogen and oxygen atoms in total. The SMILES string of the molecule is CC(C)(C)c1ccnc(-n2c3[c-]c(-n4c5ccc(C(C)(C)C)cc5c5ccc(-c6cc(-c7c(C#N)c(C#N)c(C#N)c(C#N)c7C#N)n[n-]6)nc54)ccc3c3ccccc32)c1.[Pt+2]. The molecular formula is C50H33N11Pt. The van der Waals surface area contributed by atoms with Gasteiger partial charge in [0.1, 0.15) is 41.8 Å². The molecule has 9 aromatic rings. The Morgan fingerprint density at radius 1 is 0.581 bits per heavy atom. The number of nitriles is 5. The third kappa shape index (κ3) is 6.30. The van der Waals surface area contributed by atoms with Crippen LogP contribution >= 0.6 is 0 Å². The van der Waals surface area contributed by atoms with Gasteiger partial charge in [-0.15, -0.1) is 17.5 Å². The molecule has 0 saturated heterocycles. The Labute approximate surface area is 371 Å². The minimum atomic E-state index is -0.332. The van der Waals surface area contributed by atoms with E-state index in [1.165, 1.54) is 0 Å². The Hall–Kier alpha value is -7.87. The summed E-state index contributed by atoms with van der Waals surface area (Å²) in [6, 6.07) is 41.8. The summed E-state index contributed by atoms with van der Waals surface area (Å²) in [7, 11) is 0. The normalized spacial score (nSPS) is 11.5. The standard InChI is InChI=1S/C50H33N11.Pt/c1-49(2,3)28-11-16-44-34(19-28)33-14-15-40(41-22-42(59-58-41)47-38(26-54)36(24-52)35(23-51)37(25-53)39(47)27-55)57-48(33)60(44)30-12-13-32-31-9-7-8-10-43(31)61(45(32)21-30)46-20-29(17-18-56-46)50(4,5)6;/h7-20,22H,1-6H3;/q-2;+2. The number of aromatic nitrogens is 6. The van der Waals surface area contributed by atoms with Crippen molar-refractivity contribution in [1.82, 2.24) is 29.3 Å². The Morgan fingerprint density at radius 2 is 1.19 bits per heavy atom. The molecular weight excluding hydrogens is 950 g/mol. The van der Waals surface area contributed by atoms with Crippen molar-refractivity contribution in [3.63, 3.8) is 0 Å². The first kappa shape index (κ1) is 40.9. The molecule has 0 spiro atoms. The van der Waals surface area contributed by atoms with Gasteiger partial charge in [0.15, 0.2) is 0 Å². The fourth-order valence-electron chi connectivity index (χ4n) is 8.11. The summed E-state index contributed by atoms with van der Waals surface area (Å²) in [4.78, 5) is 10.1. The average Bonchev–Trinajstić information content (AvgIpc) is 3.97. The minimum absolute atomic E-state index is 0. The molecule has 0 bridgehead atoms. The van der Waals surface area contributed by atoms with Gasteiger partial charge in [-0.1, -0.05) is 82.7 Å². The zero-order valence-corrected chi connectivity index (χ0v) is 36.7. The zero-order valence-electron chi connectivity index (χ0n) is 34.4. The number of hydrogen-bond donors (Lipinski definition) is 0. The van der Waals surface area contributed by atoms with Crippen molar-refractivity contribution >= 4 is 43.7 Å². The van der Waals surface area contributed by atoms with Crippen LogP contribution in [0.2, 0.25) is 0 Å². The molecule has 5 aromatic heterocycles. The fourth-order valence-corrected chi connectivity index (χ4v) is 8.11. The van der Waals surface area contributed by atoms with Gasteiger partial charge in [0.2, 0.25) is 0 Å². The predicted molar refractivity (Wildman–Crippen MR) is 233 cm³/mol. The Kier molecular flexibility index (Phi) is 9.89. The van der Waals surface area contributed by atoms with Gasteiger partial charge in [0.05, 0.1) is 44.7 Å². The molecule has 12 heteroatoms.